The molecule has 13 heavy (non-hydrogen) atoms. The van der Waals surface area contributed by atoms with Crippen LogP contribution in [0.5, 0.6) is 0 Å². The van der Waals surface area contributed by atoms with Crippen LogP contribution in [-0.2, 0) is 4.79 Å². The average molecular weight is 209 g/mol. The number of rotatable bonds is 1. The molecule has 0 fully saturated rings. The Bertz CT molecular complexity index is 234. The number of ketones is 1. The van der Waals surface area contributed by atoms with E-state index >= 15 is 0 Å². The Hall–Kier alpha value is -1.21. The normalized spacial score (nSPS) is 14.5. The third-order valence-electron chi connectivity index (χ3n) is 0.860. The zero-order valence-corrected chi connectivity index (χ0v) is 5.75. The third-order valence-corrected chi connectivity index (χ3v) is 0.860. The number of hydrogen-bond donors (Lipinski definition) is 0. The molecule has 0 bridgehead atoms. The highest BCUT2D eigenvalue weighted by atomic mass is 19.4. The minimum atomic E-state index is -5.38. The van der Waals surface area contributed by atoms with E-state index in [2.05, 4.69) is 0 Å². The van der Waals surface area contributed by atoms with Crippen LogP contribution >= 0.6 is 0 Å². The second-order valence-electron chi connectivity index (χ2n) is 1.92. The minimum Gasteiger partial charge on any atom is -0.590 e. The van der Waals surface area contributed by atoms with Gasteiger partial charge in [0.1, 0.15) is 0 Å². The second kappa shape index (κ2) is 3.27. The van der Waals surface area contributed by atoms with Crippen LogP contribution in [0.15, 0.2) is 11.8 Å². The van der Waals surface area contributed by atoms with Gasteiger partial charge in [-0.15, -0.1) is 0 Å². The van der Waals surface area contributed by atoms with Crippen LogP contribution in [-0.4, -0.2) is 23.2 Å². The molecule has 0 spiro atoms. The van der Waals surface area contributed by atoms with Gasteiger partial charge in [0.25, 0.3) is 5.78 Å². The fourth-order valence-electron chi connectivity index (χ4n) is 0.295. The van der Waals surface area contributed by atoms with E-state index in [0.717, 1.165) is 0 Å². The number of hydrogen-bond acceptors (Lipinski definition) is 1. The Balaban J connectivity index is 4.70. The Morgan fingerprint density at radius 3 is 1.62 bits per heavy atom. The number of carbonyl (C=O) groups excluding carboxylic acids is 1. The van der Waals surface area contributed by atoms with Gasteiger partial charge in [-0.25, -0.2) is 0 Å². The first-order valence-electron chi connectivity index (χ1n) is 2.67. The van der Waals surface area contributed by atoms with E-state index in [1.165, 1.54) is 0 Å². The maximum atomic E-state index is 11.4. The molecule has 0 unspecified atom stereocenters. The molecule has 2 N–H and O–H groups in total. The SMILES string of the molecule is O=C(/C=C(\[OH2+])C(F)(F)F)C(F)(F)F. The monoisotopic (exact) mass is 209 g/mol. The molecule has 0 aromatic heterocycles. The molecule has 2 nitrogen and oxygen atoms in total. The first-order valence-corrected chi connectivity index (χ1v) is 2.67. The number of alkyl halides is 6. The molecule has 0 aliphatic heterocycles. The molecule has 0 saturated heterocycles. The number of halogens is 6. The number of allylic oxidation sites excluding steroid dienone is 2. The Morgan fingerprint density at radius 1 is 1.00 bits per heavy atom. The molecule has 0 aliphatic carbocycles. The standard InChI is InChI=1S/C5H2F6O2/c6-4(7,8)2(12)1-3(13)5(9,10)11/h1,12H/p+1/b2-1-. The van der Waals surface area contributed by atoms with Crippen molar-refractivity contribution in [3.05, 3.63) is 11.8 Å². The predicted molar refractivity (Wildman–Crippen MR) is 28.8 cm³/mol. The molecule has 0 aliphatic rings. The highest BCUT2D eigenvalue weighted by molar-refractivity contribution is 5.94. The lowest BCUT2D eigenvalue weighted by Gasteiger charge is -2.02. The summed E-state index contributed by atoms with van der Waals surface area (Å²) in [6, 6.07) is 0. The first kappa shape index (κ1) is 11.8. The van der Waals surface area contributed by atoms with Crippen molar-refractivity contribution in [2.24, 2.45) is 0 Å². The average Bonchev–Trinajstić information content (AvgIpc) is 1.82. The molecule has 0 radical (unpaired) electrons. The van der Waals surface area contributed by atoms with E-state index in [-0.39, 0.29) is 0 Å². The lowest BCUT2D eigenvalue weighted by Crippen LogP contribution is -2.23. The van der Waals surface area contributed by atoms with Crippen LogP contribution < -0.4 is 0 Å². The maximum Gasteiger partial charge on any atom is 0.500 e. The van der Waals surface area contributed by atoms with Crippen LogP contribution in [0, 0.1) is 0 Å². The van der Waals surface area contributed by atoms with Gasteiger partial charge in [0, 0.05) is 0 Å². The molecular weight excluding hydrogens is 206 g/mol. The lowest BCUT2D eigenvalue weighted by atomic mass is 10.3. The molecule has 76 valence electrons. The van der Waals surface area contributed by atoms with Crippen molar-refractivity contribution >= 4 is 5.78 Å². The van der Waals surface area contributed by atoms with Crippen molar-refractivity contribution in [3.8, 4) is 0 Å². The molecule has 8 heteroatoms. The topological polar surface area (TPSA) is 40.0 Å². The van der Waals surface area contributed by atoms with Gasteiger partial charge in [-0.1, -0.05) is 0 Å². The van der Waals surface area contributed by atoms with Gasteiger partial charge in [0.2, 0.25) is 0 Å². The molecule has 0 atom stereocenters. The Kier molecular flexibility index (Phi) is 2.96. The van der Waals surface area contributed by atoms with Crippen molar-refractivity contribution in [1.82, 2.24) is 0 Å². The van der Waals surface area contributed by atoms with Crippen LogP contribution in [0.4, 0.5) is 26.3 Å². The zero-order chi connectivity index (χ0) is 10.9. The van der Waals surface area contributed by atoms with Crippen LogP contribution in [0.3, 0.4) is 0 Å². The predicted octanol–water partition coefficient (Wildman–Crippen LogP) is 1.29. The molecule has 0 rings (SSSR count). The van der Waals surface area contributed by atoms with Gasteiger partial charge in [-0.05, 0) is 0 Å². The molecule has 0 heterocycles. The van der Waals surface area contributed by atoms with E-state index in [4.69, 9.17) is 5.11 Å². The van der Waals surface area contributed by atoms with Gasteiger partial charge in [0.05, 0.1) is 6.08 Å². The minimum absolute atomic E-state index is 0.806. The van der Waals surface area contributed by atoms with E-state index in [1.807, 2.05) is 0 Å². The Morgan fingerprint density at radius 2 is 1.38 bits per heavy atom. The number of carbonyl (C=O) groups is 1. The van der Waals surface area contributed by atoms with E-state index in [0.29, 0.717) is 0 Å². The first-order chi connectivity index (χ1) is 5.55. The van der Waals surface area contributed by atoms with E-state index < -0.39 is 30.0 Å². The van der Waals surface area contributed by atoms with Gasteiger partial charge >= 0.3 is 18.1 Å². The summed E-state index contributed by atoms with van der Waals surface area (Å²) < 4.78 is 68.3. The van der Waals surface area contributed by atoms with E-state index in [1.54, 1.807) is 0 Å². The fourth-order valence-corrected chi connectivity index (χ4v) is 0.295. The zero-order valence-electron chi connectivity index (χ0n) is 5.75. The summed E-state index contributed by atoms with van der Waals surface area (Å²) in [5.41, 5.74) is 0. The smallest absolute Gasteiger partial charge is 0.500 e. The van der Waals surface area contributed by atoms with Crippen molar-refractivity contribution in [1.29, 1.82) is 0 Å². The van der Waals surface area contributed by atoms with Crippen molar-refractivity contribution < 1.29 is 36.2 Å². The quantitative estimate of drug-likeness (QED) is 0.277. The van der Waals surface area contributed by atoms with Gasteiger partial charge in [-0.2, -0.15) is 26.3 Å². The summed E-state index contributed by atoms with van der Waals surface area (Å²) >= 11 is 0. The summed E-state index contributed by atoms with van der Waals surface area (Å²) in [7, 11) is 0. The Labute approximate surface area is 67.5 Å². The van der Waals surface area contributed by atoms with E-state index in [9.17, 15) is 31.1 Å². The molecule has 0 amide bonds. The fraction of sp³-hybridized carbons (Fsp3) is 0.400. The van der Waals surface area contributed by atoms with Crippen molar-refractivity contribution in [2.45, 2.75) is 12.4 Å². The van der Waals surface area contributed by atoms with Gasteiger partial charge < -0.3 is 5.11 Å². The summed E-state index contributed by atoms with van der Waals surface area (Å²) in [4.78, 5) is 9.90. The van der Waals surface area contributed by atoms with Crippen molar-refractivity contribution in [2.75, 3.05) is 0 Å². The van der Waals surface area contributed by atoms with Gasteiger partial charge in [-0.3, -0.25) is 4.79 Å². The van der Waals surface area contributed by atoms with Crippen LogP contribution in [0.2, 0.25) is 0 Å². The highest BCUT2D eigenvalue weighted by Gasteiger charge is 2.44. The summed E-state index contributed by atoms with van der Waals surface area (Å²) in [5.74, 6) is -5.02. The van der Waals surface area contributed by atoms with Crippen LogP contribution in [0.25, 0.3) is 0 Å². The summed E-state index contributed by atoms with van der Waals surface area (Å²) in [6.45, 7) is 0. The molecule has 0 saturated carbocycles. The molecule has 0 aromatic carbocycles. The summed E-state index contributed by atoms with van der Waals surface area (Å²) in [6.07, 6.45) is -11.4. The largest absolute Gasteiger partial charge is 0.590 e. The molecule has 0 aromatic rings. The molecular formula is C5H3F6O2+. The van der Waals surface area contributed by atoms with Crippen LogP contribution in [0.1, 0.15) is 0 Å². The van der Waals surface area contributed by atoms with Gasteiger partial charge in [0.15, 0.2) is 0 Å². The second-order valence-corrected chi connectivity index (χ2v) is 1.92. The summed E-state index contributed by atoms with van der Waals surface area (Å²) in [5, 5.41) is 6.05. The maximum absolute atomic E-state index is 11.4. The highest BCUT2D eigenvalue weighted by Crippen LogP contribution is 2.25. The van der Waals surface area contributed by atoms with Crippen molar-refractivity contribution in [3.63, 3.8) is 0 Å². The third kappa shape index (κ3) is 3.81. The lowest BCUT2D eigenvalue weighted by molar-refractivity contribution is -0.166.